The Morgan fingerprint density at radius 1 is 1.42 bits per heavy atom. The molecule has 1 rings (SSSR count). The third kappa shape index (κ3) is 1.47. The zero-order chi connectivity index (χ0) is 9.14. The number of aryl methyl sites for hydroxylation is 1. The van der Waals surface area contributed by atoms with Gasteiger partial charge in [0.2, 0.25) is 0 Å². The fourth-order valence-electron chi connectivity index (χ4n) is 1.20. The number of aromatic nitrogens is 1. The van der Waals surface area contributed by atoms with E-state index in [0.29, 0.717) is 0 Å². The van der Waals surface area contributed by atoms with E-state index >= 15 is 0 Å². The molecule has 0 saturated heterocycles. The number of aldehydes is 1. The summed E-state index contributed by atoms with van der Waals surface area (Å²) in [5.41, 5.74) is 3.51. The van der Waals surface area contributed by atoms with Gasteiger partial charge in [-0.15, -0.1) is 0 Å². The van der Waals surface area contributed by atoms with Crippen molar-refractivity contribution in [1.29, 1.82) is 0 Å². The topological polar surface area (TPSA) is 22.0 Å². The zero-order valence-electron chi connectivity index (χ0n) is 7.66. The number of carbonyl (C=O) groups excluding carboxylic acids is 1. The molecule has 2 nitrogen and oxygen atoms in total. The SMILES string of the molecule is Cc1cc(C=CC=O)c(C)n1C. The number of rotatable bonds is 2. The normalized spacial score (nSPS) is 10.9. The van der Waals surface area contributed by atoms with Crippen molar-refractivity contribution in [1.82, 2.24) is 4.57 Å². The molecule has 1 aromatic heterocycles. The smallest absolute Gasteiger partial charge is 0.142 e. The van der Waals surface area contributed by atoms with Crippen molar-refractivity contribution in [3.05, 3.63) is 29.1 Å². The molecule has 0 spiro atoms. The van der Waals surface area contributed by atoms with E-state index in [-0.39, 0.29) is 0 Å². The molecule has 0 aliphatic heterocycles. The average molecular weight is 163 g/mol. The molecule has 0 amide bonds. The summed E-state index contributed by atoms with van der Waals surface area (Å²) in [4.78, 5) is 10.1. The van der Waals surface area contributed by atoms with Crippen LogP contribution in [0.15, 0.2) is 12.1 Å². The lowest BCUT2D eigenvalue weighted by atomic mass is 10.2. The molecule has 12 heavy (non-hydrogen) atoms. The largest absolute Gasteiger partial charge is 0.352 e. The lowest BCUT2D eigenvalue weighted by molar-refractivity contribution is -0.104. The van der Waals surface area contributed by atoms with Crippen molar-refractivity contribution in [2.24, 2.45) is 7.05 Å². The maximum atomic E-state index is 10.1. The second-order valence-electron chi connectivity index (χ2n) is 2.88. The molecule has 0 aliphatic rings. The summed E-state index contributed by atoms with van der Waals surface area (Å²) in [5.74, 6) is 0. The third-order valence-electron chi connectivity index (χ3n) is 2.17. The van der Waals surface area contributed by atoms with Crippen LogP contribution in [0.4, 0.5) is 0 Å². The first-order valence-corrected chi connectivity index (χ1v) is 3.91. The van der Waals surface area contributed by atoms with Crippen LogP contribution in [0.25, 0.3) is 6.08 Å². The molecule has 0 bridgehead atoms. The van der Waals surface area contributed by atoms with E-state index in [1.165, 1.54) is 17.5 Å². The van der Waals surface area contributed by atoms with Crippen molar-refractivity contribution in [3.63, 3.8) is 0 Å². The molecule has 0 atom stereocenters. The number of hydrogen-bond acceptors (Lipinski definition) is 1. The monoisotopic (exact) mass is 163 g/mol. The molecular weight excluding hydrogens is 150 g/mol. The van der Waals surface area contributed by atoms with Crippen molar-refractivity contribution < 1.29 is 4.79 Å². The summed E-state index contributed by atoms with van der Waals surface area (Å²) in [6, 6.07) is 2.06. The molecule has 2 heteroatoms. The van der Waals surface area contributed by atoms with E-state index < -0.39 is 0 Å². The Bertz CT molecular complexity index is 321. The highest BCUT2D eigenvalue weighted by Crippen LogP contribution is 2.14. The van der Waals surface area contributed by atoms with E-state index in [1.807, 2.05) is 27.0 Å². The van der Waals surface area contributed by atoms with Crippen LogP contribution in [0.3, 0.4) is 0 Å². The van der Waals surface area contributed by atoms with Crippen molar-refractivity contribution in [3.8, 4) is 0 Å². The van der Waals surface area contributed by atoms with Crippen molar-refractivity contribution >= 4 is 12.4 Å². The molecular formula is C10H13NO. The van der Waals surface area contributed by atoms with Crippen LogP contribution >= 0.6 is 0 Å². The molecule has 0 fully saturated rings. The van der Waals surface area contributed by atoms with Crippen LogP contribution in [-0.2, 0) is 11.8 Å². The number of hydrogen-bond donors (Lipinski definition) is 0. The van der Waals surface area contributed by atoms with Crippen LogP contribution in [0.2, 0.25) is 0 Å². The Balaban J connectivity index is 3.09. The molecule has 0 saturated carbocycles. The Morgan fingerprint density at radius 3 is 2.50 bits per heavy atom. The minimum atomic E-state index is 0.793. The van der Waals surface area contributed by atoms with Gasteiger partial charge < -0.3 is 4.57 Å². The van der Waals surface area contributed by atoms with Gasteiger partial charge in [-0.2, -0.15) is 0 Å². The first-order valence-electron chi connectivity index (χ1n) is 3.91. The highest BCUT2D eigenvalue weighted by molar-refractivity contribution is 5.74. The number of allylic oxidation sites excluding steroid dienone is 1. The summed E-state index contributed by atoms with van der Waals surface area (Å²) in [6.07, 6.45) is 4.14. The van der Waals surface area contributed by atoms with E-state index in [2.05, 4.69) is 10.6 Å². The van der Waals surface area contributed by atoms with Crippen LogP contribution in [-0.4, -0.2) is 10.9 Å². The molecule has 0 N–H and O–H groups in total. The van der Waals surface area contributed by atoms with E-state index in [0.717, 1.165) is 11.8 Å². The van der Waals surface area contributed by atoms with Gasteiger partial charge in [0.1, 0.15) is 6.29 Å². The summed E-state index contributed by atoms with van der Waals surface area (Å²) in [5, 5.41) is 0. The predicted octanol–water partition coefficient (Wildman–Crippen LogP) is 1.85. The van der Waals surface area contributed by atoms with Gasteiger partial charge in [-0.25, -0.2) is 0 Å². The average Bonchev–Trinajstić information content (AvgIpc) is 2.30. The van der Waals surface area contributed by atoms with Gasteiger partial charge in [-0.05, 0) is 37.6 Å². The Labute approximate surface area is 72.5 Å². The molecule has 0 radical (unpaired) electrons. The van der Waals surface area contributed by atoms with Gasteiger partial charge in [-0.1, -0.05) is 0 Å². The molecule has 1 aromatic rings. The maximum absolute atomic E-state index is 10.1. The Hall–Kier alpha value is -1.31. The predicted molar refractivity (Wildman–Crippen MR) is 50.0 cm³/mol. The Morgan fingerprint density at radius 2 is 2.08 bits per heavy atom. The number of carbonyl (C=O) groups is 1. The molecule has 0 aliphatic carbocycles. The standard InChI is InChI=1S/C10H13NO/c1-8-7-10(5-4-6-12)9(2)11(8)3/h4-7H,1-3H3. The van der Waals surface area contributed by atoms with Crippen LogP contribution in [0, 0.1) is 13.8 Å². The fraction of sp³-hybridized carbons (Fsp3) is 0.300. The quantitative estimate of drug-likeness (QED) is 0.481. The fourth-order valence-corrected chi connectivity index (χ4v) is 1.20. The second-order valence-corrected chi connectivity index (χ2v) is 2.88. The molecule has 0 unspecified atom stereocenters. The lowest BCUT2D eigenvalue weighted by Gasteiger charge is -1.98. The lowest BCUT2D eigenvalue weighted by Crippen LogP contribution is -1.92. The van der Waals surface area contributed by atoms with Crippen molar-refractivity contribution in [2.75, 3.05) is 0 Å². The second kappa shape index (κ2) is 3.39. The highest BCUT2D eigenvalue weighted by Gasteiger charge is 2.01. The number of nitrogens with zero attached hydrogens (tertiary/aromatic N) is 1. The highest BCUT2D eigenvalue weighted by atomic mass is 16.1. The van der Waals surface area contributed by atoms with Gasteiger partial charge in [0.15, 0.2) is 0 Å². The first-order chi connectivity index (χ1) is 5.66. The first kappa shape index (κ1) is 8.78. The van der Waals surface area contributed by atoms with E-state index in [9.17, 15) is 4.79 Å². The minimum absolute atomic E-state index is 0.793. The van der Waals surface area contributed by atoms with Gasteiger partial charge >= 0.3 is 0 Å². The van der Waals surface area contributed by atoms with Gasteiger partial charge in [-0.3, -0.25) is 4.79 Å². The third-order valence-corrected chi connectivity index (χ3v) is 2.17. The van der Waals surface area contributed by atoms with Crippen molar-refractivity contribution in [2.45, 2.75) is 13.8 Å². The van der Waals surface area contributed by atoms with Crippen LogP contribution < -0.4 is 0 Å². The van der Waals surface area contributed by atoms with Gasteiger partial charge in [0.05, 0.1) is 0 Å². The van der Waals surface area contributed by atoms with Gasteiger partial charge in [0, 0.05) is 18.4 Å². The zero-order valence-corrected chi connectivity index (χ0v) is 7.66. The summed E-state index contributed by atoms with van der Waals surface area (Å²) in [7, 11) is 2.02. The summed E-state index contributed by atoms with van der Waals surface area (Å²) < 4.78 is 2.10. The summed E-state index contributed by atoms with van der Waals surface area (Å²) in [6.45, 7) is 4.09. The van der Waals surface area contributed by atoms with E-state index in [4.69, 9.17) is 0 Å². The molecule has 1 heterocycles. The van der Waals surface area contributed by atoms with E-state index in [1.54, 1.807) is 0 Å². The molecule has 64 valence electrons. The minimum Gasteiger partial charge on any atom is -0.352 e. The summed E-state index contributed by atoms with van der Waals surface area (Å²) >= 11 is 0. The van der Waals surface area contributed by atoms with Crippen LogP contribution in [0.1, 0.15) is 17.0 Å². The maximum Gasteiger partial charge on any atom is 0.142 e. The van der Waals surface area contributed by atoms with Gasteiger partial charge in [0.25, 0.3) is 0 Å². The van der Waals surface area contributed by atoms with Crippen LogP contribution in [0.5, 0.6) is 0 Å². The molecule has 0 aromatic carbocycles. The Kier molecular flexibility index (Phi) is 2.48.